The van der Waals surface area contributed by atoms with E-state index in [1.165, 1.54) is 12.1 Å². The molecule has 0 spiro atoms. The summed E-state index contributed by atoms with van der Waals surface area (Å²) < 4.78 is 22.3. The van der Waals surface area contributed by atoms with Crippen molar-refractivity contribution in [2.45, 2.75) is 85.4 Å². The van der Waals surface area contributed by atoms with Crippen molar-refractivity contribution in [1.29, 1.82) is 0 Å². The van der Waals surface area contributed by atoms with Crippen LogP contribution in [-0.2, 0) is 13.0 Å². The van der Waals surface area contributed by atoms with Crippen molar-refractivity contribution in [1.82, 2.24) is 19.6 Å². The molecular formula is C40H45FN4O4. The van der Waals surface area contributed by atoms with Gasteiger partial charge in [-0.15, -0.1) is 0 Å². The molecule has 3 aromatic carbocycles. The molecule has 1 aromatic heterocycles. The van der Waals surface area contributed by atoms with Gasteiger partial charge in [0, 0.05) is 37.8 Å². The minimum Gasteiger partial charge on any atom is -0.491 e. The zero-order valence-electron chi connectivity index (χ0n) is 29.0. The van der Waals surface area contributed by atoms with E-state index in [0.29, 0.717) is 59.0 Å². The largest absolute Gasteiger partial charge is 0.491 e. The van der Waals surface area contributed by atoms with Gasteiger partial charge in [0.15, 0.2) is 5.69 Å². The SMILES string of the molecule is CCCCN(CCCC)C(=O)c1cc(C)n(-c2ccc(-c3cc(F)cc(OC(C)C)c3)cc2C(=O)N2Cc3ccccc3C[C@H]2C#CO)n1. The van der Waals surface area contributed by atoms with E-state index in [1.54, 1.807) is 33.8 Å². The first kappa shape index (κ1) is 35.2. The number of aromatic nitrogens is 2. The number of aliphatic hydroxyl groups is 1. The molecule has 1 aliphatic rings. The summed E-state index contributed by atoms with van der Waals surface area (Å²) in [6, 6.07) is 18.9. The van der Waals surface area contributed by atoms with E-state index >= 15 is 0 Å². The number of carbonyl (C=O) groups excluding carboxylic acids is 2. The normalized spacial score (nSPS) is 13.9. The van der Waals surface area contributed by atoms with Gasteiger partial charge in [0.25, 0.3) is 11.8 Å². The second-order valence-electron chi connectivity index (χ2n) is 12.8. The van der Waals surface area contributed by atoms with Crippen molar-refractivity contribution in [3.63, 3.8) is 0 Å². The van der Waals surface area contributed by atoms with Crippen molar-refractivity contribution in [2.75, 3.05) is 13.1 Å². The second-order valence-corrected chi connectivity index (χ2v) is 12.8. The van der Waals surface area contributed by atoms with Gasteiger partial charge in [0.1, 0.15) is 23.7 Å². The van der Waals surface area contributed by atoms with E-state index < -0.39 is 11.9 Å². The van der Waals surface area contributed by atoms with Crippen molar-refractivity contribution in [3.8, 4) is 34.6 Å². The molecule has 1 atom stereocenters. The highest BCUT2D eigenvalue weighted by atomic mass is 19.1. The summed E-state index contributed by atoms with van der Waals surface area (Å²) in [6.07, 6.45) is 6.06. The van der Waals surface area contributed by atoms with Crippen LogP contribution in [0.2, 0.25) is 0 Å². The molecule has 0 radical (unpaired) electrons. The van der Waals surface area contributed by atoms with Crippen LogP contribution in [0.25, 0.3) is 16.8 Å². The summed E-state index contributed by atoms with van der Waals surface area (Å²) in [6.45, 7) is 11.4. The highest BCUT2D eigenvalue weighted by Crippen LogP contribution is 2.32. The lowest BCUT2D eigenvalue weighted by atomic mass is 9.93. The molecule has 8 nitrogen and oxygen atoms in total. The number of carbonyl (C=O) groups is 2. The van der Waals surface area contributed by atoms with Gasteiger partial charge in [-0.1, -0.05) is 57.0 Å². The molecule has 0 saturated carbocycles. The molecule has 2 heterocycles. The summed E-state index contributed by atoms with van der Waals surface area (Å²) in [4.78, 5) is 31.9. The highest BCUT2D eigenvalue weighted by molar-refractivity contribution is 6.00. The molecule has 256 valence electrons. The Morgan fingerprint density at radius 1 is 1.00 bits per heavy atom. The summed E-state index contributed by atoms with van der Waals surface area (Å²) in [5.74, 6) is 2.27. The minimum absolute atomic E-state index is 0.142. The van der Waals surface area contributed by atoms with E-state index in [2.05, 4.69) is 19.8 Å². The molecule has 49 heavy (non-hydrogen) atoms. The fraction of sp³-hybridized carbons (Fsp3) is 0.375. The number of hydrogen-bond acceptors (Lipinski definition) is 5. The van der Waals surface area contributed by atoms with Crippen molar-refractivity contribution >= 4 is 11.8 Å². The quantitative estimate of drug-likeness (QED) is 0.157. The molecule has 9 heteroatoms. The molecule has 0 saturated heterocycles. The summed E-state index contributed by atoms with van der Waals surface area (Å²) in [5.41, 5.74) is 4.98. The van der Waals surface area contributed by atoms with Gasteiger partial charge >= 0.3 is 0 Å². The maximum atomic E-state index is 14.8. The molecule has 1 N–H and O–H groups in total. The molecule has 1 aliphatic heterocycles. The first-order valence-corrected chi connectivity index (χ1v) is 17.1. The van der Waals surface area contributed by atoms with Crippen LogP contribution in [0, 0.1) is 24.8 Å². The molecular weight excluding hydrogens is 619 g/mol. The van der Waals surface area contributed by atoms with Gasteiger partial charge in [-0.05, 0) is 92.1 Å². The Kier molecular flexibility index (Phi) is 11.4. The van der Waals surface area contributed by atoms with Crippen LogP contribution in [0.3, 0.4) is 0 Å². The third kappa shape index (κ3) is 8.14. The van der Waals surface area contributed by atoms with Crippen LogP contribution in [0.5, 0.6) is 5.75 Å². The smallest absolute Gasteiger partial charge is 0.274 e. The zero-order chi connectivity index (χ0) is 35.1. The molecule has 0 aliphatic carbocycles. The van der Waals surface area contributed by atoms with E-state index in [1.807, 2.05) is 62.1 Å². The van der Waals surface area contributed by atoms with Gasteiger partial charge in [0.2, 0.25) is 0 Å². The van der Waals surface area contributed by atoms with Crippen LogP contribution in [0.4, 0.5) is 4.39 Å². The van der Waals surface area contributed by atoms with Gasteiger partial charge in [-0.2, -0.15) is 5.10 Å². The number of amides is 2. The lowest BCUT2D eigenvalue weighted by molar-refractivity contribution is 0.0688. The van der Waals surface area contributed by atoms with Gasteiger partial charge in [-0.25, -0.2) is 9.07 Å². The van der Waals surface area contributed by atoms with Crippen LogP contribution < -0.4 is 4.74 Å². The van der Waals surface area contributed by atoms with Crippen LogP contribution in [0.1, 0.15) is 91.0 Å². The van der Waals surface area contributed by atoms with E-state index in [-0.39, 0.29) is 24.5 Å². The molecule has 0 unspecified atom stereocenters. The predicted octanol–water partition coefficient (Wildman–Crippen LogP) is 7.72. The Hall–Kier alpha value is -5.10. The summed E-state index contributed by atoms with van der Waals surface area (Å²) in [7, 11) is 0. The predicted molar refractivity (Wildman–Crippen MR) is 189 cm³/mol. The number of aryl methyl sites for hydroxylation is 1. The topological polar surface area (TPSA) is 87.9 Å². The molecule has 5 rings (SSSR count). The number of halogens is 1. The summed E-state index contributed by atoms with van der Waals surface area (Å²) in [5, 5.41) is 14.4. The van der Waals surface area contributed by atoms with Crippen LogP contribution in [-0.4, -0.2) is 61.7 Å². The maximum absolute atomic E-state index is 14.8. The number of benzene rings is 3. The molecule has 0 bridgehead atoms. The second kappa shape index (κ2) is 15.9. The van der Waals surface area contributed by atoms with Gasteiger partial charge in [-0.3, -0.25) is 9.59 Å². The highest BCUT2D eigenvalue weighted by Gasteiger charge is 2.32. The average molecular weight is 665 g/mol. The van der Waals surface area contributed by atoms with Crippen molar-refractivity contribution < 1.29 is 23.8 Å². The minimum atomic E-state index is -0.578. The van der Waals surface area contributed by atoms with Gasteiger partial charge in [0.05, 0.1) is 17.4 Å². The number of nitrogens with zero attached hydrogens (tertiary/aromatic N) is 4. The Labute approximate surface area is 288 Å². The Bertz CT molecular complexity index is 1860. The number of rotatable bonds is 12. The van der Waals surface area contributed by atoms with E-state index in [4.69, 9.17) is 9.84 Å². The first-order chi connectivity index (χ1) is 23.6. The van der Waals surface area contributed by atoms with Crippen LogP contribution in [0.15, 0.2) is 66.7 Å². The number of fused-ring (bicyclic) bond motifs is 1. The maximum Gasteiger partial charge on any atom is 0.274 e. The number of ether oxygens (including phenoxy) is 1. The fourth-order valence-electron chi connectivity index (χ4n) is 6.23. The number of hydrogen-bond donors (Lipinski definition) is 1. The average Bonchev–Trinajstić information content (AvgIpc) is 3.47. The Morgan fingerprint density at radius 2 is 1.71 bits per heavy atom. The lowest BCUT2D eigenvalue weighted by Crippen LogP contribution is -2.44. The lowest BCUT2D eigenvalue weighted by Gasteiger charge is -2.34. The number of aliphatic hydroxyl groups excluding tert-OH is 1. The molecule has 4 aromatic rings. The Morgan fingerprint density at radius 3 is 2.39 bits per heavy atom. The van der Waals surface area contributed by atoms with Crippen molar-refractivity contribution in [2.24, 2.45) is 0 Å². The Balaban J connectivity index is 1.62. The standard InChI is InChI=1S/C40H45FN4O4/c1-6-8-17-43(18-9-7-2)40(48)37-20-28(5)45(42-37)38-15-14-30(32-21-33(41)25-35(23-32)49-27(3)4)24-36(38)39(47)44-26-31-13-11-10-12-29(31)22-34(44)16-19-46/h10-15,20-21,23-25,27,34,46H,6-9,17-18,22,26H2,1-5H3/t34-/m1/s1. The van der Waals surface area contributed by atoms with Crippen molar-refractivity contribution in [3.05, 3.63) is 101 Å². The molecule has 0 fully saturated rings. The fourth-order valence-corrected chi connectivity index (χ4v) is 6.23. The zero-order valence-corrected chi connectivity index (χ0v) is 29.0. The van der Waals surface area contributed by atoms with E-state index in [0.717, 1.165) is 36.8 Å². The van der Waals surface area contributed by atoms with Crippen LogP contribution >= 0.6 is 0 Å². The third-order valence-corrected chi connectivity index (χ3v) is 8.73. The number of unbranched alkanes of at least 4 members (excludes halogenated alkanes) is 2. The monoisotopic (exact) mass is 664 g/mol. The van der Waals surface area contributed by atoms with E-state index in [9.17, 15) is 19.1 Å². The van der Waals surface area contributed by atoms with Gasteiger partial charge < -0.3 is 19.6 Å². The first-order valence-electron chi connectivity index (χ1n) is 17.1. The summed E-state index contributed by atoms with van der Waals surface area (Å²) >= 11 is 0. The molecule has 2 amide bonds. The third-order valence-electron chi connectivity index (χ3n) is 8.73.